The lowest BCUT2D eigenvalue weighted by Crippen LogP contribution is -2.49. The van der Waals surface area contributed by atoms with Gasteiger partial charge in [-0.15, -0.1) is 10.2 Å². The highest BCUT2D eigenvalue weighted by atomic mass is 16.6. The molecule has 3 heterocycles. The molecule has 1 N–H and O–H groups in total. The number of rotatable bonds is 6. The van der Waals surface area contributed by atoms with Crippen molar-refractivity contribution in [2.24, 2.45) is 0 Å². The van der Waals surface area contributed by atoms with Gasteiger partial charge in [-0.3, -0.25) is 14.9 Å². The number of nitro groups is 1. The molecule has 2 aromatic rings. The topological polar surface area (TPSA) is 114 Å². The van der Waals surface area contributed by atoms with E-state index in [9.17, 15) is 14.9 Å². The number of nitrogens with one attached hydrogen (secondary N) is 1. The minimum absolute atomic E-state index is 0.0806. The van der Waals surface area contributed by atoms with Gasteiger partial charge in [0, 0.05) is 57.0 Å². The number of hydrogen-bond acceptors (Lipinski definition) is 8. The summed E-state index contributed by atoms with van der Waals surface area (Å²) >= 11 is 0. The summed E-state index contributed by atoms with van der Waals surface area (Å²) in [7, 11) is 0. The van der Waals surface area contributed by atoms with E-state index >= 15 is 0 Å². The van der Waals surface area contributed by atoms with Gasteiger partial charge in [-0.25, -0.2) is 0 Å². The summed E-state index contributed by atoms with van der Waals surface area (Å²) in [5.74, 6) is 1.28. The van der Waals surface area contributed by atoms with Gasteiger partial charge in [0.15, 0.2) is 5.82 Å². The van der Waals surface area contributed by atoms with Crippen LogP contribution in [-0.4, -0.2) is 71.4 Å². The first-order valence-corrected chi connectivity index (χ1v) is 10.1. The summed E-state index contributed by atoms with van der Waals surface area (Å²) in [6.45, 7) is 3.83. The highest BCUT2D eigenvalue weighted by Crippen LogP contribution is 2.19. The number of hydrogen-bond donors (Lipinski definition) is 1. The van der Waals surface area contributed by atoms with Crippen LogP contribution >= 0.6 is 0 Å². The summed E-state index contributed by atoms with van der Waals surface area (Å²) in [4.78, 5) is 26.9. The van der Waals surface area contributed by atoms with Crippen molar-refractivity contribution >= 4 is 23.2 Å². The van der Waals surface area contributed by atoms with Gasteiger partial charge >= 0.3 is 0 Å². The van der Waals surface area contributed by atoms with Crippen LogP contribution in [-0.2, 0) is 4.74 Å². The second-order valence-corrected chi connectivity index (χ2v) is 7.38. The van der Waals surface area contributed by atoms with E-state index in [0.29, 0.717) is 37.6 Å². The van der Waals surface area contributed by atoms with Crippen molar-refractivity contribution in [2.75, 3.05) is 49.5 Å². The smallest absolute Gasteiger partial charge is 0.270 e. The molecule has 0 aliphatic carbocycles. The lowest BCUT2D eigenvalue weighted by Gasteiger charge is -2.35. The summed E-state index contributed by atoms with van der Waals surface area (Å²) in [5, 5.41) is 22.7. The van der Waals surface area contributed by atoms with E-state index in [1.54, 1.807) is 11.0 Å². The van der Waals surface area contributed by atoms with Crippen LogP contribution in [0, 0.1) is 10.1 Å². The fourth-order valence-corrected chi connectivity index (χ4v) is 3.69. The first-order chi connectivity index (χ1) is 14.6. The van der Waals surface area contributed by atoms with Gasteiger partial charge < -0.3 is 19.9 Å². The SMILES string of the molecule is O=C(c1cccc([N+](=O)[O-])c1)N1CCN(c2ccc(NCC3CCCO3)nn2)CC1. The second-order valence-electron chi connectivity index (χ2n) is 7.38. The molecule has 1 amide bonds. The quantitative estimate of drug-likeness (QED) is 0.566. The van der Waals surface area contributed by atoms with Crippen LogP contribution < -0.4 is 10.2 Å². The van der Waals surface area contributed by atoms with Crippen molar-refractivity contribution < 1.29 is 14.5 Å². The van der Waals surface area contributed by atoms with Gasteiger partial charge in [0.25, 0.3) is 11.6 Å². The van der Waals surface area contributed by atoms with E-state index in [4.69, 9.17) is 4.74 Å². The van der Waals surface area contributed by atoms with Crippen LogP contribution in [0.4, 0.5) is 17.3 Å². The summed E-state index contributed by atoms with van der Waals surface area (Å²) in [6, 6.07) is 9.66. The molecule has 10 nitrogen and oxygen atoms in total. The molecule has 10 heteroatoms. The Morgan fingerprint density at radius 1 is 1.20 bits per heavy atom. The van der Waals surface area contributed by atoms with Crippen molar-refractivity contribution in [3.8, 4) is 0 Å². The lowest BCUT2D eigenvalue weighted by atomic mass is 10.1. The zero-order valence-corrected chi connectivity index (χ0v) is 16.6. The molecule has 0 saturated carbocycles. The highest BCUT2D eigenvalue weighted by molar-refractivity contribution is 5.95. The van der Waals surface area contributed by atoms with Gasteiger partial charge in [-0.05, 0) is 31.0 Å². The zero-order chi connectivity index (χ0) is 20.9. The number of piperazine rings is 1. The number of benzene rings is 1. The van der Waals surface area contributed by atoms with Crippen molar-refractivity contribution in [2.45, 2.75) is 18.9 Å². The predicted octanol–water partition coefficient (Wildman–Crippen LogP) is 1.94. The van der Waals surface area contributed by atoms with Gasteiger partial charge in [-0.2, -0.15) is 0 Å². The average molecular weight is 412 g/mol. The van der Waals surface area contributed by atoms with Gasteiger partial charge in [0.1, 0.15) is 5.82 Å². The van der Waals surface area contributed by atoms with E-state index in [1.165, 1.54) is 18.2 Å². The largest absolute Gasteiger partial charge is 0.376 e. The Morgan fingerprint density at radius 3 is 2.70 bits per heavy atom. The Labute approximate surface area is 174 Å². The number of ether oxygens (including phenoxy) is 1. The first-order valence-electron chi connectivity index (χ1n) is 10.1. The molecule has 0 spiro atoms. The third kappa shape index (κ3) is 4.65. The molecule has 1 aromatic heterocycles. The van der Waals surface area contributed by atoms with Gasteiger partial charge in [0.2, 0.25) is 0 Å². The van der Waals surface area contributed by atoms with Gasteiger partial charge in [0.05, 0.1) is 11.0 Å². The van der Waals surface area contributed by atoms with Crippen LogP contribution in [0.5, 0.6) is 0 Å². The maximum Gasteiger partial charge on any atom is 0.270 e. The Hall–Kier alpha value is -3.27. The summed E-state index contributed by atoms with van der Waals surface area (Å²) in [5.41, 5.74) is 0.252. The Balaban J connectivity index is 1.30. The van der Waals surface area contributed by atoms with Crippen LogP contribution in [0.15, 0.2) is 36.4 Å². The number of nitro benzene ring substituents is 1. The Bertz CT molecular complexity index is 892. The number of carbonyl (C=O) groups excluding carboxylic acids is 1. The van der Waals surface area contributed by atoms with E-state index < -0.39 is 4.92 Å². The molecule has 30 heavy (non-hydrogen) atoms. The molecule has 4 rings (SSSR count). The van der Waals surface area contributed by atoms with Crippen molar-refractivity contribution in [3.05, 3.63) is 52.1 Å². The molecule has 2 fully saturated rings. The van der Waals surface area contributed by atoms with Gasteiger partial charge in [-0.1, -0.05) is 6.07 Å². The van der Waals surface area contributed by atoms with Crippen LogP contribution in [0.2, 0.25) is 0 Å². The molecule has 1 unspecified atom stereocenters. The average Bonchev–Trinajstić information content (AvgIpc) is 3.31. The van der Waals surface area contributed by atoms with E-state index in [0.717, 1.165) is 31.8 Å². The van der Waals surface area contributed by atoms with Crippen LogP contribution in [0.1, 0.15) is 23.2 Å². The standard InChI is InChI=1S/C20H24N6O4/c27-20(15-3-1-4-16(13-15)26(28)29)25-10-8-24(9-11-25)19-7-6-18(22-23-19)21-14-17-5-2-12-30-17/h1,3-4,6-7,13,17H,2,5,8-12,14H2,(H,21,22). The zero-order valence-electron chi connectivity index (χ0n) is 16.6. The molecule has 0 bridgehead atoms. The molecule has 0 radical (unpaired) electrons. The molecule has 2 saturated heterocycles. The fraction of sp³-hybridized carbons (Fsp3) is 0.450. The maximum atomic E-state index is 12.7. The number of carbonyl (C=O) groups is 1. The molecule has 158 valence electrons. The Kier molecular flexibility index (Phi) is 6.03. The van der Waals surface area contributed by atoms with Crippen molar-refractivity contribution in [1.29, 1.82) is 0 Å². The predicted molar refractivity (Wildman–Crippen MR) is 111 cm³/mol. The fourth-order valence-electron chi connectivity index (χ4n) is 3.69. The minimum Gasteiger partial charge on any atom is -0.376 e. The highest BCUT2D eigenvalue weighted by Gasteiger charge is 2.24. The van der Waals surface area contributed by atoms with E-state index in [2.05, 4.69) is 20.4 Å². The number of amides is 1. The number of aromatic nitrogens is 2. The molecular weight excluding hydrogens is 388 g/mol. The maximum absolute atomic E-state index is 12.7. The number of non-ortho nitro benzene ring substituents is 1. The van der Waals surface area contributed by atoms with Crippen LogP contribution in [0.25, 0.3) is 0 Å². The van der Waals surface area contributed by atoms with Crippen molar-refractivity contribution in [3.63, 3.8) is 0 Å². The number of nitrogens with zero attached hydrogens (tertiary/aromatic N) is 5. The minimum atomic E-state index is -0.493. The van der Waals surface area contributed by atoms with E-state index in [-0.39, 0.29) is 17.7 Å². The molecular formula is C20H24N6O4. The molecule has 1 aromatic carbocycles. The molecule has 2 aliphatic heterocycles. The first kappa shape index (κ1) is 20.0. The second kappa shape index (κ2) is 9.04. The molecule has 1 atom stereocenters. The normalized spacial score (nSPS) is 19.0. The summed E-state index contributed by atoms with van der Waals surface area (Å²) in [6.07, 6.45) is 2.41. The number of anilines is 2. The Morgan fingerprint density at radius 2 is 2.03 bits per heavy atom. The third-order valence-electron chi connectivity index (χ3n) is 5.38. The summed E-state index contributed by atoms with van der Waals surface area (Å²) < 4.78 is 5.59. The van der Waals surface area contributed by atoms with Crippen molar-refractivity contribution in [1.82, 2.24) is 15.1 Å². The monoisotopic (exact) mass is 412 g/mol. The third-order valence-corrected chi connectivity index (χ3v) is 5.38. The van der Waals surface area contributed by atoms with Crippen LogP contribution in [0.3, 0.4) is 0 Å². The lowest BCUT2D eigenvalue weighted by molar-refractivity contribution is -0.384. The van der Waals surface area contributed by atoms with E-state index in [1.807, 2.05) is 12.1 Å². The molecule has 2 aliphatic rings.